The van der Waals surface area contributed by atoms with E-state index in [-0.39, 0.29) is 5.91 Å². The van der Waals surface area contributed by atoms with Crippen LogP contribution in [0, 0.1) is 0 Å². The van der Waals surface area contributed by atoms with Gasteiger partial charge in [0.05, 0.1) is 23.5 Å². The molecule has 0 spiro atoms. The standard InChI is InChI=1S/C11H15Cl2N3O2/c1-6(16(2)18-3)11(17)15-10-8(13)4-7(12)5-9(10)14/h4-6H,14H2,1-3H3,(H,15,17). The summed E-state index contributed by atoms with van der Waals surface area (Å²) in [4.78, 5) is 16.9. The van der Waals surface area contributed by atoms with Crippen molar-refractivity contribution in [2.24, 2.45) is 0 Å². The lowest BCUT2D eigenvalue weighted by atomic mass is 10.2. The number of carbonyl (C=O) groups excluding carboxylic acids is 1. The third-order valence-electron chi connectivity index (χ3n) is 2.55. The van der Waals surface area contributed by atoms with Crippen molar-refractivity contribution in [3.8, 4) is 0 Å². The number of rotatable bonds is 4. The van der Waals surface area contributed by atoms with Crippen LogP contribution in [0.1, 0.15) is 6.92 Å². The lowest BCUT2D eigenvalue weighted by Crippen LogP contribution is -2.39. The summed E-state index contributed by atoms with van der Waals surface area (Å²) in [6.07, 6.45) is 0. The molecule has 0 radical (unpaired) electrons. The van der Waals surface area contributed by atoms with Crippen LogP contribution >= 0.6 is 23.2 Å². The van der Waals surface area contributed by atoms with E-state index in [4.69, 9.17) is 33.8 Å². The lowest BCUT2D eigenvalue weighted by Gasteiger charge is -2.21. The number of hydroxylamine groups is 2. The molecule has 1 aromatic rings. The van der Waals surface area contributed by atoms with Gasteiger partial charge in [-0.3, -0.25) is 4.79 Å². The molecule has 0 saturated carbocycles. The molecule has 3 N–H and O–H groups in total. The number of benzene rings is 1. The molecule has 1 unspecified atom stereocenters. The third kappa shape index (κ3) is 3.49. The lowest BCUT2D eigenvalue weighted by molar-refractivity contribution is -0.154. The maximum absolute atomic E-state index is 11.9. The van der Waals surface area contributed by atoms with Gasteiger partial charge in [-0.1, -0.05) is 23.2 Å². The van der Waals surface area contributed by atoms with Crippen molar-refractivity contribution in [3.63, 3.8) is 0 Å². The first-order chi connectivity index (χ1) is 8.36. The summed E-state index contributed by atoms with van der Waals surface area (Å²) in [5.74, 6) is -0.282. The molecule has 0 aliphatic carbocycles. The topological polar surface area (TPSA) is 67.6 Å². The summed E-state index contributed by atoms with van der Waals surface area (Å²) < 4.78 is 0. The van der Waals surface area contributed by atoms with Crippen LogP contribution in [0.25, 0.3) is 0 Å². The molecule has 7 heteroatoms. The second-order valence-corrected chi connectivity index (χ2v) is 4.59. The maximum atomic E-state index is 11.9. The van der Waals surface area contributed by atoms with Crippen LogP contribution in [0.15, 0.2) is 12.1 Å². The van der Waals surface area contributed by atoms with Gasteiger partial charge < -0.3 is 15.9 Å². The van der Waals surface area contributed by atoms with E-state index >= 15 is 0 Å². The Kier molecular flexibility index (Phi) is 5.22. The van der Waals surface area contributed by atoms with E-state index < -0.39 is 6.04 Å². The number of nitrogens with one attached hydrogen (secondary N) is 1. The van der Waals surface area contributed by atoms with Crippen molar-refractivity contribution in [2.45, 2.75) is 13.0 Å². The van der Waals surface area contributed by atoms with Crippen molar-refractivity contribution in [1.82, 2.24) is 5.06 Å². The molecule has 0 saturated heterocycles. The zero-order valence-corrected chi connectivity index (χ0v) is 11.8. The molecule has 18 heavy (non-hydrogen) atoms. The fourth-order valence-electron chi connectivity index (χ4n) is 1.28. The summed E-state index contributed by atoms with van der Waals surface area (Å²) in [5.41, 5.74) is 6.41. The van der Waals surface area contributed by atoms with E-state index in [1.165, 1.54) is 24.3 Å². The molecule has 5 nitrogen and oxygen atoms in total. The Balaban J connectivity index is 2.89. The van der Waals surface area contributed by atoms with E-state index in [2.05, 4.69) is 5.32 Å². The van der Waals surface area contributed by atoms with E-state index in [0.717, 1.165) is 0 Å². The SMILES string of the molecule is CON(C)C(C)C(=O)Nc1c(N)cc(Cl)cc1Cl. The monoisotopic (exact) mass is 291 g/mol. The van der Waals surface area contributed by atoms with Gasteiger partial charge in [0, 0.05) is 12.1 Å². The summed E-state index contributed by atoms with van der Waals surface area (Å²) >= 11 is 11.8. The summed E-state index contributed by atoms with van der Waals surface area (Å²) in [5, 5.41) is 4.76. The zero-order valence-electron chi connectivity index (χ0n) is 10.3. The smallest absolute Gasteiger partial charge is 0.243 e. The van der Waals surface area contributed by atoms with Gasteiger partial charge in [0.2, 0.25) is 5.91 Å². The number of carbonyl (C=O) groups is 1. The molecular weight excluding hydrogens is 277 g/mol. The van der Waals surface area contributed by atoms with E-state index in [1.54, 1.807) is 14.0 Å². The Bertz CT molecular complexity index is 431. The third-order valence-corrected chi connectivity index (χ3v) is 3.06. The number of hydrogen-bond acceptors (Lipinski definition) is 4. The molecular formula is C11H15Cl2N3O2. The van der Waals surface area contributed by atoms with Crippen molar-refractivity contribution in [1.29, 1.82) is 0 Å². The molecule has 100 valence electrons. The average Bonchev–Trinajstić information content (AvgIpc) is 2.31. The van der Waals surface area contributed by atoms with Gasteiger partial charge in [-0.25, -0.2) is 0 Å². The number of nitrogens with zero attached hydrogens (tertiary/aromatic N) is 1. The van der Waals surface area contributed by atoms with Crippen molar-refractivity contribution < 1.29 is 9.63 Å². The van der Waals surface area contributed by atoms with Crippen LogP contribution in [0.2, 0.25) is 10.0 Å². The van der Waals surface area contributed by atoms with Crippen LogP contribution in [-0.2, 0) is 9.63 Å². The van der Waals surface area contributed by atoms with Crippen LogP contribution in [0.5, 0.6) is 0 Å². The molecule has 0 fully saturated rings. The second kappa shape index (κ2) is 6.24. The van der Waals surface area contributed by atoms with Crippen LogP contribution in [0.3, 0.4) is 0 Å². The van der Waals surface area contributed by atoms with Crippen LogP contribution < -0.4 is 11.1 Å². The number of nitrogens with two attached hydrogens (primary N) is 1. The number of nitrogen functional groups attached to an aromatic ring is 1. The highest BCUT2D eigenvalue weighted by Crippen LogP contribution is 2.32. The average molecular weight is 292 g/mol. The molecule has 1 atom stereocenters. The molecule has 1 rings (SSSR count). The Morgan fingerprint density at radius 2 is 2.11 bits per heavy atom. The number of hydrogen-bond donors (Lipinski definition) is 2. The fraction of sp³-hybridized carbons (Fsp3) is 0.364. The minimum absolute atomic E-state index is 0.282. The Morgan fingerprint density at radius 1 is 1.50 bits per heavy atom. The fourth-order valence-corrected chi connectivity index (χ4v) is 1.83. The highest BCUT2D eigenvalue weighted by molar-refractivity contribution is 6.37. The Morgan fingerprint density at radius 3 is 2.61 bits per heavy atom. The normalized spacial score (nSPS) is 12.6. The molecule has 0 aliphatic heterocycles. The molecule has 1 amide bonds. The van der Waals surface area contributed by atoms with Crippen molar-refractivity contribution in [3.05, 3.63) is 22.2 Å². The van der Waals surface area contributed by atoms with Crippen LogP contribution in [0.4, 0.5) is 11.4 Å². The summed E-state index contributed by atoms with van der Waals surface area (Å²) in [7, 11) is 3.13. The first-order valence-electron chi connectivity index (χ1n) is 5.19. The van der Waals surface area contributed by atoms with Gasteiger partial charge in [0.1, 0.15) is 6.04 Å². The van der Waals surface area contributed by atoms with E-state index in [9.17, 15) is 4.79 Å². The minimum Gasteiger partial charge on any atom is -0.397 e. The largest absolute Gasteiger partial charge is 0.397 e. The van der Waals surface area contributed by atoms with Gasteiger partial charge in [0.25, 0.3) is 0 Å². The second-order valence-electron chi connectivity index (χ2n) is 3.75. The first kappa shape index (κ1) is 15.0. The molecule has 1 aromatic carbocycles. The Labute approximate surface area is 116 Å². The summed E-state index contributed by atoms with van der Waals surface area (Å²) in [6.45, 7) is 1.69. The number of anilines is 2. The minimum atomic E-state index is -0.485. The predicted molar refractivity (Wildman–Crippen MR) is 73.7 cm³/mol. The zero-order chi connectivity index (χ0) is 13.9. The quantitative estimate of drug-likeness (QED) is 0.660. The molecule has 0 bridgehead atoms. The van der Waals surface area contributed by atoms with Gasteiger partial charge >= 0.3 is 0 Å². The predicted octanol–water partition coefficient (Wildman–Crippen LogP) is 2.40. The molecule has 0 aromatic heterocycles. The Hall–Kier alpha value is -1.01. The van der Waals surface area contributed by atoms with Crippen molar-refractivity contribution >= 4 is 40.5 Å². The highest BCUT2D eigenvalue weighted by atomic mass is 35.5. The van der Waals surface area contributed by atoms with E-state index in [1.807, 2.05) is 0 Å². The molecule has 0 aliphatic rings. The van der Waals surface area contributed by atoms with Gasteiger partial charge in [-0.05, 0) is 19.1 Å². The van der Waals surface area contributed by atoms with Crippen molar-refractivity contribution in [2.75, 3.05) is 25.2 Å². The van der Waals surface area contributed by atoms with Crippen LogP contribution in [-0.4, -0.2) is 31.2 Å². The van der Waals surface area contributed by atoms with Gasteiger partial charge in [-0.2, -0.15) is 5.06 Å². The van der Waals surface area contributed by atoms with Gasteiger partial charge in [-0.15, -0.1) is 0 Å². The summed E-state index contributed by atoms with van der Waals surface area (Å²) in [6, 6.07) is 2.55. The highest BCUT2D eigenvalue weighted by Gasteiger charge is 2.20. The number of amides is 1. The molecule has 0 heterocycles. The maximum Gasteiger partial charge on any atom is 0.243 e. The van der Waals surface area contributed by atoms with E-state index in [0.29, 0.717) is 21.4 Å². The van der Waals surface area contributed by atoms with Gasteiger partial charge in [0.15, 0.2) is 0 Å². The number of likely N-dealkylation sites (N-methyl/N-ethyl adjacent to an activating group) is 1. The first-order valence-corrected chi connectivity index (χ1v) is 5.94. The number of halogens is 2.